The van der Waals surface area contributed by atoms with E-state index in [-0.39, 0.29) is 5.75 Å². The number of carbonyl (C=O) groups is 2. The van der Waals surface area contributed by atoms with Crippen LogP contribution in [-0.2, 0) is 4.74 Å². The van der Waals surface area contributed by atoms with Gasteiger partial charge in [0.15, 0.2) is 0 Å². The summed E-state index contributed by atoms with van der Waals surface area (Å²) in [6.45, 7) is 0. The average molecular weight is 318 g/mol. The van der Waals surface area contributed by atoms with Crippen molar-refractivity contribution in [3.8, 4) is 5.75 Å². The van der Waals surface area contributed by atoms with E-state index in [2.05, 4.69) is 10.1 Å². The van der Waals surface area contributed by atoms with Gasteiger partial charge in [-0.15, -0.1) is 0 Å². The normalized spacial score (nSPS) is 9.87. The number of anilines is 2. The molecule has 0 fully saturated rings. The van der Waals surface area contributed by atoms with Crippen LogP contribution in [0.4, 0.5) is 25.4 Å². The number of methoxy groups -OCH3 is 1. The van der Waals surface area contributed by atoms with Gasteiger partial charge in [0.25, 0.3) is 0 Å². The van der Waals surface area contributed by atoms with E-state index in [1.807, 2.05) is 0 Å². The molecule has 0 atom stereocenters. The van der Waals surface area contributed by atoms with Crippen LogP contribution < -0.4 is 15.0 Å². The zero-order valence-corrected chi connectivity index (χ0v) is 12.6. The second-order valence-corrected chi connectivity index (χ2v) is 4.55. The molecule has 0 aromatic heterocycles. The van der Waals surface area contributed by atoms with Crippen molar-refractivity contribution in [3.63, 3.8) is 0 Å². The Labute approximate surface area is 132 Å². The van der Waals surface area contributed by atoms with Gasteiger partial charge < -0.3 is 9.47 Å². The molecule has 0 saturated heterocycles. The summed E-state index contributed by atoms with van der Waals surface area (Å²) in [5.74, 6) is -0.224. The molecule has 23 heavy (non-hydrogen) atoms. The Hall–Kier alpha value is -3.09. The SMILES string of the molecule is COC(=O)Nc1cccc(OC(=O)N(C)c2cccc(F)c2)c1. The highest BCUT2D eigenvalue weighted by molar-refractivity contribution is 5.89. The predicted molar refractivity (Wildman–Crippen MR) is 83.3 cm³/mol. The van der Waals surface area contributed by atoms with Crippen LogP contribution in [0, 0.1) is 5.82 Å². The number of ether oxygens (including phenoxy) is 2. The number of amides is 2. The Balaban J connectivity index is 2.07. The number of benzene rings is 2. The average Bonchev–Trinajstić information content (AvgIpc) is 2.54. The summed E-state index contributed by atoms with van der Waals surface area (Å²) >= 11 is 0. The molecule has 2 rings (SSSR count). The third-order valence-corrected chi connectivity index (χ3v) is 2.94. The van der Waals surface area contributed by atoms with E-state index in [1.165, 1.54) is 43.3 Å². The van der Waals surface area contributed by atoms with E-state index in [9.17, 15) is 14.0 Å². The lowest BCUT2D eigenvalue weighted by Gasteiger charge is -2.17. The molecule has 0 bridgehead atoms. The van der Waals surface area contributed by atoms with Gasteiger partial charge in [0, 0.05) is 24.5 Å². The Morgan fingerprint density at radius 3 is 2.57 bits per heavy atom. The lowest BCUT2D eigenvalue weighted by Crippen LogP contribution is -2.29. The van der Waals surface area contributed by atoms with Gasteiger partial charge in [0.05, 0.1) is 7.11 Å². The van der Waals surface area contributed by atoms with Gasteiger partial charge in [0.2, 0.25) is 0 Å². The minimum atomic E-state index is -0.689. The molecule has 0 aliphatic carbocycles. The fourth-order valence-corrected chi connectivity index (χ4v) is 1.77. The first-order chi connectivity index (χ1) is 11.0. The molecular formula is C16H15FN2O4. The first-order valence-corrected chi connectivity index (χ1v) is 6.66. The molecule has 6 nitrogen and oxygen atoms in total. The van der Waals surface area contributed by atoms with Crippen molar-refractivity contribution in [1.82, 2.24) is 0 Å². The highest BCUT2D eigenvalue weighted by Crippen LogP contribution is 2.20. The van der Waals surface area contributed by atoms with Crippen molar-refractivity contribution in [3.05, 3.63) is 54.3 Å². The van der Waals surface area contributed by atoms with Crippen LogP contribution in [-0.4, -0.2) is 26.3 Å². The Morgan fingerprint density at radius 2 is 1.87 bits per heavy atom. The zero-order valence-electron chi connectivity index (χ0n) is 12.6. The maximum Gasteiger partial charge on any atom is 0.419 e. The monoisotopic (exact) mass is 318 g/mol. The molecule has 2 amide bonds. The molecule has 0 aliphatic heterocycles. The van der Waals surface area contributed by atoms with E-state index in [1.54, 1.807) is 24.3 Å². The van der Waals surface area contributed by atoms with Crippen molar-refractivity contribution in [1.29, 1.82) is 0 Å². The minimum Gasteiger partial charge on any atom is -0.453 e. The molecule has 2 aromatic rings. The van der Waals surface area contributed by atoms with Crippen molar-refractivity contribution in [2.75, 3.05) is 24.4 Å². The topological polar surface area (TPSA) is 67.9 Å². The summed E-state index contributed by atoms with van der Waals surface area (Å²) in [5.41, 5.74) is 0.773. The number of nitrogens with zero attached hydrogens (tertiary/aromatic N) is 1. The van der Waals surface area contributed by atoms with E-state index < -0.39 is 18.0 Å². The number of hydrogen-bond acceptors (Lipinski definition) is 4. The first kappa shape index (κ1) is 16.3. The summed E-state index contributed by atoms with van der Waals surface area (Å²) in [5, 5.41) is 2.46. The minimum absolute atomic E-state index is 0.229. The molecule has 0 unspecified atom stereocenters. The summed E-state index contributed by atoms with van der Waals surface area (Å²) in [6.07, 6.45) is -1.32. The molecular weight excluding hydrogens is 303 g/mol. The number of carbonyl (C=O) groups excluding carboxylic acids is 2. The summed E-state index contributed by atoms with van der Waals surface area (Å²) in [7, 11) is 2.71. The second kappa shape index (κ2) is 7.26. The highest BCUT2D eigenvalue weighted by Gasteiger charge is 2.14. The van der Waals surface area contributed by atoms with Gasteiger partial charge in [-0.2, -0.15) is 0 Å². The lowest BCUT2D eigenvalue weighted by molar-refractivity contribution is 0.187. The van der Waals surface area contributed by atoms with E-state index in [0.29, 0.717) is 11.4 Å². The van der Waals surface area contributed by atoms with Crippen molar-refractivity contribution >= 4 is 23.6 Å². The van der Waals surface area contributed by atoms with Gasteiger partial charge >= 0.3 is 12.2 Å². The van der Waals surface area contributed by atoms with Crippen LogP contribution in [0.2, 0.25) is 0 Å². The number of rotatable bonds is 3. The van der Waals surface area contributed by atoms with Crippen molar-refractivity contribution in [2.24, 2.45) is 0 Å². The summed E-state index contributed by atoms with van der Waals surface area (Å²) in [4.78, 5) is 24.4. The fourth-order valence-electron chi connectivity index (χ4n) is 1.77. The third-order valence-electron chi connectivity index (χ3n) is 2.94. The lowest BCUT2D eigenvalue weighted by atomic mass is 10.3. The van der Waals surface area contributed by atoms with Crippen molar-refractivity contribution in [2.45, 2.75) is 0 Å². The van der Waals surface area contributed by atoms with Gasteiger partial charge in [-0.3, -0.25) is 10.2 Å². The summed E-state index contributed by atoms with van der Waals surface area (Å²) < 4.78 is 22.9. The Bertz CT molecular complexity index is 721. The molecule has 1 N–H and O–H groups in total. The molecule has 7 heteroatoms. The number of halogens is 1. The largest absolute Gasteiger partial charge is 0.453 e. The first-order valence-electron chi connectivity index (χ1n) is 6.66. The standard InChI is InChI=1S/C16H15FN2O4/c1-19(13-7-3-5-11(17)9-13)16(21)23-14-8-4-6-12(10-14)18-15(20)22-2/h3-10H,1-2H3,(H,18,20). The highest BCUT2D eigenvalue weighted by atomic mass is 19.1. The van der Waals surface area contributed by atoms with Crippen LogP contribution >= 0.6 is 0 Å². The Morgan fingerprint density at radius 1 is 1.13 bits per heavy atom. The molecule has 120 valence electrons. The van der Waals surface area contributed by atoms with Crippen LogP contribution in [0.3, 0.4) is 0 Å². The number of nitrogens with one attached hydrogen (secondary N) is 1. The smallest absolute Gasteiger partial charge is 0.419 e. The molecule has 0 aliphatic rings. The predicted octanol–water partition coefficient (Wildman–Crippen LogP) is 3.64. The van der Waals surface area contributed by atoms with Crippen LogP contribution in [0.1, 0.15) is 0 Å². The molecule has 0 saturated carbocycles. The fraction of sp³-hybridized carbons (Fsp3) is 0.125. The van der Waals surface area contributed by atoms with Gasteiger partial charge in [0.1, 0.15) is 11.6 Å². The number of hydrogen-bond donors (Lipinski definition) is 1. The maximum atomic E-state index is 13.2. The molecule has 0 radical (unpaired) electrons. The maximum absolute atomic E-state index is 13.2. The van der Waals surface area contributed by atoms with Crippen LogP contribution in [0.5, 0.6) is 5.75 Å². The van der Waals surface area contributed by atoms with Crippen molar-refractivity contribution < 1.29 is 23.5 Å². The zero-order chi connectivity index (χ0) is 16.8. The van der Waals surface area contributed by atoms with E-state index in [4.69, 9.17) is 4.74 Å². The molecule has 0 spiro atoms. The van der Waals surface area contributed by atoms with Crippen LogP contribution in [0.25, 0.3) is 0 Å². The molecule has 2 aromatic carbocycles. The van der Waals surface area contributed by atoms with Gasteiger partial charge in [-0.25, -0.2) is 14.0 Å². The van der Waals surface area contributed by atoms with E-state index >= 15 is 0 Å². The molecule has 0 heterocycles. The van der Waals surface area contributed by atoms with Gasteiger partial charge in [-0.1, -0.05) is 12.1 Å². The Kier molecular flexibility index (Phi) is 5.14. The van der Waals surface area contributed by atoms with Gasteiger partial charge in [-0.05, 0) is 30.3 Å². The van der Waals surface area contributed by atoms with Crippen LogP contribution in [0.15, 0.2) is 48.5 Å². The second-order valence-electron chi connectivity index (χ2n) is 4.55. The quantitative estimate of drug-likeness (QED) is 0.938. The van der Waals surface area contributed by atoms with E-state index in [0.717, 1.165) is 0 Å². The summed E-state index contributed by atoms with van der Waals surface area (Å²) in [6, 6.07) is 11.8. The third kappa shape index (κ3) is 4.44.